The maximum Gasteiger partial charge on any atom is 0.274 e. The first-order chi connectivity index (χ1) is 18.7. The number of carbonyl (C=O) groups is 2. The molecule has 1 aliphatic carbocycles. The van der Waals surface area contributed by atoms with Gasteiger partial charge in [0.05, 0.1) is 10.5 Å². The van der Waals surface area contributed by atoms with Crippen molar-refractivity contribution in [2.45, 2.75) is 38.8 Å². The van der Waals surface area contributed by atoms with Crippen LogP contribution in [0.5, 0.6) is 0 Å². The number of fused-ring (bicyclic) bond motifs is 1. The fraction of sp³-hybridized carbons (Fsp3) is 0.222. The van der Waals surface area contributed by atoms with Gasteiger partial charge in [-0.05, 0) is 55.7 Å². The van der Waals surface area contributed by atoms with Crippen molar-refractivity contribution in [3.05, 3.63) is 81.5 Å². The first-order valence-corrected chi connectivity index (χ1v) is 12.9. The molecule has 0 radical (unpaired) electrons. The highest BCUT2D eigenvalue weighted by Crippen LogP contribution is 2.40. The van der Waals surface area contributed by atoms with E-state index in [2.05, 4.69) is 25.9 Å². The Morgan fingerprint density at radius 3 is 2.44 bits per heavy atom. The summed E-state index contributed by atoms with van der Waals surface area (Å²) in [4.78, 5) is 29.8. The second-order valence-corrected chi connectivity index (χ2v) is 10.3. The summed E-state index contributed by atoms with van der Waals surface area (Å²) >= 11 is 13.0. The van der Waals surface area contributed by atoms with Gasteiger partial charge >= 0.3 is 0 Å². The summed E-state index contributed by atoms with van der Waals surface area (Å²) in [5.41, 5.74) is 2.33. The lowest BCUT2D eigenvalue weighted by Crippen LogP contribution is -2.48. The van der Waals surface area contributed by atoms with Crippen molar-refractivity contribution in [2.75, 3.05) is 0 Å². The largest absolute Gasteiger partial charge is 0.361 e. The molecule has 0 saturated heterocycles. The van der Waals surface area contributed by atoms with Crippen LogP contribution in [0.15, 0.2) is 57.6 Å². The molecule has 10 nitrogen and oxygen atoms in total. The number of benzene rings is 2. The standard InChI is InChI=1S/C27H22Cl2N6O4/c1-14-11-20(33-38-14)25(36)32-27(9-10-27)26(37)30-13-16-3-6-18(7-4-16)35-21-8-5-17(28)12-19(21)22(29)23(35)24-31-15(2)39-34-24/h3-8,11-12H,9-10,13H2,1-2H3,(H,30,37)(H,32,36). The number of nitrogens with one attached hydrogen (secondary N) is 2. The number of aromatic nitrogens is 4. The van der Waals surface area contributed by atoms with Gasteiger partial charge in [0.15, 0.2) is 5.69 Å². The van der Waals surface area contributed by atoms with Crippen molar-refractivity contribution in [3.63, 3.8) is 0 Å². The van der Waals surface area contributed by atoms with Gasteiger partial charge in [-0.1, -0.05) is 45.6 Å². The third kappa shape index (κ3) is 4.66. The van der Waals surface area contributed by atoms with E-state index in [0.717, 1.165) is 22.2 Å². The van der Waals surface area contributed by atoms with Gasteiger partial charge in [-0.3, -0.25) is 9.59 Å². The average Bonchev–Trinajstić information content (AvgIpc) is 3.22. The Morgan fingerprint density at radius 2 is 1.79 bits per heavy atom. The van der Waals surface area contributed by atoms with Crippen molar-refractivity contribution in [3.8, 4) is 17.2 Å². The van der Waals surface area contributed by atoms with Crippen molar-refractivity contribution < 1.29 is 18.6 Å². The number of nitrogens with zero attached hydrogens (tertiary/aromatic N) is 4. The molecule has 1 aliphatic rings. The Hall–Kier alpha value is -4.15. The smallest absolute Gasteiger partial charge is 0.274 e. The number of aryl methyl sites for hydroxylation is 2. The zero-order chi connectivity index (χ0) is 27.3. The molecule has 0 spiro atoms. The molecule has 0 aliphatic heterocycles. The molecule has 1 fully saturated rings. The number of hydrogen-bond donors (Lipinski definition) is 2. The fourth-order valence-electron chi connectivity index (χ4n) is 4.49. The van der Waals surface area contributed by atoms with Gasteiger partial charge in [-0.2, -0.15) is 4.98 Å². The van der Waals surface area contributed by atoms with Gasteiger partial charge < -0.3 is 24.2 Å². The monoisotopic (exact) mass is 564 g/mol. The number of carbonyl (C=O) groups excluding carboxylic acids is 2. The zero-order valence-electron chi connectivity index (χ0n) is 20.9. The topological polar surface area (TPSA) is 128 Å². The van der Waals surface area contributed by atoms with E-state index in [4.69, 9.17) is 32.2 Å². The van der Waals surface area contributed by atoms with Crippen molar-refractivity contribution in [1.29, 1.82) is 0 Å². The van der Waals surface area contributed by atoms with E-state index in [1.807, 2.05) is 34.9 Å². The van der Waals surface area contributed by atoms with Crippen molar-refractivity contribution in [2.24, 2.45) is 0 Å². The van der Waals surface area contributed by atoms with E-state index in [0.29, 0.717) is 52.6 Å². The Balaban J connectivity index is 1.22. The van der Waals surface area contributed by atoms with Crippen LogP contribution < -0.4 is 10.6 Å². The lowest BCUT2D eigenvalue weighted by atomic mass is 10.1. The van der Waals surface area contributed by atoms with Gasteiger partial charge in [-0.15, -0.1) is 0 Å². The summed E-state index contributed by atoms with van der Waals surface area (Å²) in [6, 6.07) is 14.7. The molecular formula is C27H22Cl2N6O4. The highest BCUT2D eigenvalue weighted by atomic mass is 35.5. The summed E-state index contributed by atoms with van der Waals surface area (Å²) in [5.74, 6) is 0.628. The minimum atomic E-state index is -0.927. The SMILES string of the molecule is Cc1cc(C(=O)NC2(C(=O)NCc3ccc(-n4c(-c5noc(C)n5)c(Cl)c5cc(Cl)ccc54)cc3)CC2)no1. The molecule has 1 saturated carbocycles. The molecule has 6 rings (SSSR count). The normalized spacial score (nSPS) is 13.9. The van der Waals surface area contributed by atoms with E-state index < -0.39 is 11.4 Å². The van der Waals surface area contributed by atoms with E-state index >= 15 is 0 Å². The van der Waals surface area contributed by atoms with Crippen molar-refractivity contribution in [1.82, 2.24) is 30.5 Å². The number of amides is 2. The maximum absolute atomic E-state index is 12.9. The minimum absolute atomic E-state index is 0.150. The van der Waals surface area contributed by atoms with Crippen molar-refractivity contribution >= 4 is 45.9 Å². The molecule has 0 atom stereocenters. The summed E-state index contributed by atoms with van der Waals surface area (Å²) < 4.78 is 12.1. The minimum Gasteiger partial charge on any atom is -0.361 e. The molecule has 3 heterocycles. The second kappa shape index (κ2) is 9.55. The quantitative estimate of drug-likeness (QED) is 0.279. The maximum atomic E-state index is 12.9. The van der Waals surface area contributed by atoms with Crippen LogP contribution >= 0.6 is 23.2 Å². The average molecular weight is 565 g/mol. The van der Waals surface area contributed by atoms with Crippen LogP contribution in [0, 0.1) is 13.8 Å². The summed E-state index contributed by atoms with van der Waals surface area (Å²) in [7, 11) is 0. The van der Waals surface area contributed by atoms with E-state index in [9.17, 15) is 9.59 Å². The molecular weight excluding hydrogens is 543 g/mol. The molecule has 12 heteroatoms. The molecule has 2 amide bonds. The van der Waals surface area contributed by atoms with Gasteiger partial charge in [0.2, 0.25) is 17.6 Å². The third-order valence-corrected chi connectivity index (χ3v) is 7.27. The highest BCUT2D eigenvalue weighted by molar-refractivity contribution is 6.39. The van der Waals surface area contributed by atoms with Gasteiger partial charge in [0.1, 0.15) is 17.0 Å². The van der Waals surface area contributed by atoms with E-state index in [1.54, 1.807) is 26.0 Å². The molecule has 198 valence electrons. The Morgan fingerprint density at radius 1 is 1.03 bits per heavy atom. The van der Waals surface area contributed by atoms with Crippen LogP contribution in [-0.4, -0.2) is 37.2 Å². The van der Waals surface area contributed by atoms with Gasteiger partial charge in [0.25, 0.3) is 5.91 Å². The predicted octanol–water partition coefficient (Wildman–Crippen LogP) is 5.17. The van der Waals surface area contributed by atoms with Gasteiger partial charge in [-0.25, -0.2) is 0 Å². The number of rotatable bonds is 7. The first-order valence-electron chi connectivity index (χ1n) is 12.2. The van der Waals surface area contributed by atoms with Crippen LogP contribution in [0.25, 0.3) is 28.1 Å². The highest BCUT2D eigenvalue weighted by Gasteiger charge is 2.51. The molecule has 3 aromatic heterocycles. The molecule has 2 aromatic carbocycles. The number of hydrogen-bond acceptors (Lipinski definition) is 7. The zero-order valence-corrected chi connectivity index (χ0v) is 22.4. The summed E-state index contributed by atoms with van der Waals surface area (Å²) in [6.07, 6.45) is 1.12. The van der Waals surface area contributed by atoms with Crippen LogP contribution in [0.2, 0.25) is 10.0 Å². The molecule has 0 unspecified atom stereocenters. The molecule has 0 bridgehead atoms. The Kier molecular flexibility index (Phi) is 6.16. The Labute approximate surface area is 232 Å². The van der Waals surface area contributed by atoms with Crippen LogP contribution in [0.1, 0.15) is 40.5 Å². The van der Waals surface area contributed by atoms with Crippen LogP contribution in [0.4, 0.5) is 0 Å². The number of halogens is 2. The molecule has 2 N–H and O–H groups in total. The lowest BCUT2D eigenvalue weighted by Gasteiger charge is -2.17. The summed E-state index contributed by atoms with van der Waals surface area (Å²) in [5, 5.41) is 15.3. The van der Waals surface area contributed by atoms with Gasteiger partial charge in [0, 0.05) is 35.6 Å². The van der Waals surface area contributed by atoms with Crippen LogP contribution in [-0.2, 0) is 11.3 Å². The van der Waals surface area contributed by atoms with E-state index in [1.165, 1.54) is 6.07 Å². The van der Waals surface area contributed by atoms with Crippen LogP contribution in [0.3, 0.4) is 0 Å². The Bertz CT molecular complexity index is 1730. The summed E-state index contributed by atoms with van der Waals surface area (Å²) in [6.45, 7) is 3.70. The van der Waals surface area contributed by atoms with E-state index in [-0.39, 0.29) is 11.6 Å². The molecule has 5 aromatic rings. The predicted molar refractivity (Wildman–Crippen MR) is 144 cm³/mol. The third-order valence-electron chi connectivity index (χ3n) is 6.65. The molecule has 39 heavy (non-hydrogen) atoms. The second-order valence-electron chi connectivity index (χ2n) is 9.50. The lowest BCUT2D eigenvalue weighted by molar-refractivity contribution is -0.124. The fourth-order valence-corrected chi connectivity index (χ4v) is 4.98. The first kappa shape index (κ1) is 25.1.